The molecule has 2 rings (SSSR count). The lowest BCUT2D eigenvalue weighted by atomic mass is 10.1. The van der Waals surface area contributed by atoms with Gasteiger partial charge < -0.3 is 9.14 Å². The van der Waals surface area contributed by atoms with E-state index < -0.39 is 0 Å². The summed E-state index contributed by atoms with van der Waals surface area (Å²) in [7, 11) is 0. The van der Waals surface area contributed by atoms with E-state index in [-0.39, 0.29) is 11.1 Å². The van der Waals surface area contributed by atoms with Gasteiger partial charge in [-0.25, -0.2) is 4.98 Å². The Morgan fingerprint density at radius 3 is 2.60 bits per heavy atom. The summed E-state index contributed by atoms with van der Waals surface area (Å²) >= 11 is 0. The summed E-state index contributed by atoms with van der Waals surface area (Å²) in [4.78, 5) is 4.59. The molecule has 0 aliphatic rings. The number of nitrogens with zero attached hydrogens (tertiary/aromatic N) is 2. The van der Waals surface area contributed by atoms with Gasteiger partial charge in [0.05, 0.1) is 29.6 Å². The fourth-order valence-corrected chi connectivity index (χ4v) is 2.14. The first-order chi connectivity index (χ1) is 9.21. The van der Waals surface area contributed by atoms with E-state index in [1.54, 1.807) is 0 Å². The molecule has 2 aromatic heterocycles. The van der Waals surface area contributed by atoms with E-state index in [4.69, 9.17) is 4.74 Å². The minimum absolute atomic E-state index is 0.145. The normalized spacial score (nSPS) is 13.1. The SMILES string of the molecule is Cc1cccn2c(C(C)(C)NCOC(C)(C)C)ncc12. The van der Waals surface area contributed by atoms with Gasteiger partial charge >= 0.3 is 0 Å². The van der Waals surface area contributed by atoms with Crippen molar-refractivity contribution in [3.63, 3.8) is 0 Å². The Morgan fingerprint density at radius 2 is 1.95 bits per heavy atom. The van der Waals surface area contributed by atoms with Crippen LogP contribution < -0.4 is 5.32 Å². The minimum Gasteiger partial charge on any atom is -0.361 e. The average Bonchev–Trinajstić information content (AvgIpc) is 2.72. The van der Waals surface area contributed by atoms with Crippen LogP contribution in [0.3, 0.4) is 0 Å². The van der Waals surface area contributed by atoms with Crippen molar-refractivity contribution in [3.8, 4) is 0 Å². The molecule has 0 bridgehead atoms. The summed E-state index contributed by atoms with van der Waals surface area (Å²) in [5, 5.41) is 3.42. The van der Waals surface area contributed by atoms with Crippen molar-refractivity contribution in [1.82, 2.24) is 14.7 Å². The first-order valence-electron chi connectivity index (χ1n) is 7.03. The molecule has 0 spiro atoms. The van der Waals surface area contributed by atoms with Gasteiger partial charge in [0.1, 0.15) is 5.82 Å². The second-order valence-corrected chi connectivity index (χ2v) is 6.73. The second-order valence-electron chi connectivity index (χ2n) is 6.73. The van der Waals surface area contributed by atoms with E-state index in [0.29, 0.717) is 6.73 Å². The van der Waals surface area contributed by atoms with Crippen LogP contribution in [-0.4, -0.2) is 21.7 Å². The third-order valence-corrected chi connectivity index (χ3v) is 3.36. The number of hydrogen-bond acceptors (Lipinski definition) is 3. The van der Waals surface area contributed by atoms with Crippen molar-refractivity contribution in [3.05, 3.63) is 35.9 Å². The molecule has 0 atom stereocenters. The number of imidazole rings is 1. The van der Waals surface area contributed by atoms with Crippen LogP contribution in [0.25, 0.3) is 5.52 Å². The van der Waals surface area contributed by atoms with E-state index in [9.17, 15) is 0 Å². The summed E-state index contributed by atoms with van der Waals surface area (Å²) in [6.45, 7) is 13.0. The quantitative estimate of drug-likeness (QED) is 0.871. The molecule has 1 N–H and O–H groups in total. The van der Waals surface area contributed by atoms with Crippen molar-refractivity contribution in [2.75, 3.05) is 6.73 Å². The van der Waals surface area contributed by atoms with Crippen molar-refractivity contribution in [2.24, 2.45) is 0 Å². The molecule has 0 unspecified atom stereocenters. The van der Waals surface area contributed by atoms with E-state index >= 15 is 0 Å². The number of hydrogen-bond donors (Lipinski definition) is 1. The van der Waals surface area contributed by atoms with Crippen molar-refractivity contribution in [1.29, 1.82) is 0 Å². The highest BCUT2D eigenvalue weighted by Gasteiger charge is 2.25. The van der Waals surface area contributed by atoms with Gasteiger partial charge in [-0.1, -0.05) is 6.07 Å². The van der Waals surface area contributed by atoms with Gasteiger partial charge in [-0.2, -0.15) is 0 Å². The molecule has 2 aromatic rings. The Kier molecular flexibility index (Phi) is 3.89. The molecule has 110 valence electrons. The van der Waals surface area contributed by atoms with E-state index in [1.807, 2.05) is 6.20 Å². The number of aryl methyl sites for hydroxylation is 1. The Labute approximate surface area is 121 Å². The van der Waals surface area contributed by atoms with Gasteiger partial charge in [-0.3, -0.25) is 5.32 Å². The molecule has 0 saturated carbocycles. The monoisotopic (exact) mass is 275 g/mol. The third kappa shape index (κ3) is 3.19. The van der Waals surface area contributed by atoms with Gasteiger partial charge in [0.25, 0.3) is 0 Å². The maximum Gasteiger partial charge on any atom is 0.133 e. The molecule has 0 fully saturated rings. The highest BCUT2D eigenvalue weighted by Crippen LogP contribution is 2.22. The van der Waals surface area contributed by atoms with Crippen LogP contribution in [0.2, 0.25) is 0 Å². The van der Waals surface area contributed by atoms with Crippen LogP contribution in [0, 0.1) is 6.92 Å². The first-order valence-corrected chi connectivity index (χ1v) is 7.03. The molecule has 4 nitrogen and oxygen atoms in total. The van der Waals surface area contributed by atoms with Crippen molar-refractivity contribution < 1.29 is 4.74 Å². The van der Waals surface area contributed by atoms with E-state index in [2.05, 4.69) is 74.6 Å². The van der Waals surface area contributed by atoms with Crippen LogP contribution in [-0.2, 0) is 10.3 Å². The highest BCUT2D eigenvalue weighted by atomic mass is 16.5. The molecule has 20 heavy (non-hydrogen) atoms. The van der Waals surface area contributed by atoms with Crippen molar-refractivity contribution >= 4 is 5.52 Å². The lowest BCUT2D eigenvalue weighted by molar-refractivity contribution is -0.0235. The lowest BCUT2D eigenvalue weighted by Crippen LogP contribution is -2.41. The molecule has 0 amide bonds. The molecule has 0 aliphatic heterocycles. The summed E-state index contributed by atoms with van der Waals surface area (Å²) in [5.41, 5.74) is 1.97. The standard InChI is InChI=1S/C16H25N3O/c1-12-8-7-9-19-13(12)10-17-14(19)16(5,6)18-11-20-15(2,3)4/h7-10,18H,11H2,1-6H3. The number of pyridine rings is 1. The third-order valence-electron chi connectivity index (χ3n) is 3.36. The first kappa shape index (κ1) is 15.0. The van der Waals surface area contributed by atoms with Gasteiger partial charge in [-0.15, -0.1) is 0 Å². The second kappa shape index (κ2) is 5.19. The smallest absolute Gasteiger partial charge is 0.133 e. The fourth-order valence-electron chi connectivity index (χ4n) is 2.14. The van der Waals surface area contributed by atoms with E-state index in [0.717, 1.165) is 11.3 Å². The molecule has 2 heterocycles. The van der Waals surface area contributed by atoms with Gasteiger partial charge in [0.2, 0.25) is 0 Å². The Bertz CT molecular complexity index is 593. The summed E-state index contributed by atoms with van der Waals surface area (Å²) < 4.78 is 7.89. The lowest BCUT2D eigenvalue weighted by Gasteiger charge is -2.28. The fraction of sp³-hybridized carbons (Fsp3) is 0.562. The van der Waals surface area contributed by atoms with Crippen LogP contribution in [0.15, 0.2) is 24.5 Å². The molecule has 0 aromatic carbocycles. The number of fused-ring (bicyclic) bond motifs is 1. The van der Waals surface area contributed by atoms with Crippen LogP contribution in [0.5, 0.6) is 0 Å². The summed E-state index contributed by atoms with van der Waals surface area (Å²) in [5.74, 6) is 0.994. The zero-order chi connectivity index (χ0) is 15.0. The average molecular weight is 275 g/mol. The molecular weight excluding hydrogens is 250 g/mol. The Balaban J connectivity index is 2.21. The molecule has 0 aliphatic carbocycles. The largest absolute Gasteiger partial charge is 0.361 e. The number of ether oxygens (including phenoxy) is 1. The van der Waals surface area contributed by atoms with Crippen LogP contribution in [0.1, 0.15) is 46.0 Å². The summed E-state index contributed by atoms with van der Waals surface area (Å²) in [6.07, 6.45) is 3.98. The highest BCUT2D eigenvalue weighted by molar-refractivity contribution is 5.53. The maximum absolute atomic E-state index is 5.75. The Hall–Kier alpha value is -1.39. The number of aromatic nitrogens is 2. The molecule has 4 heteroatoms. The summed E-state index contributed by atoms with van der Waals surface area (Å²) in [6, 6.07) is 4.15. The number of rotatable bonds is 4. The topological polar surface area (TPSA) is 38.6 Å². The predicted octanol–water partition coefficient (Wildman–Crippen LogP) is 3.24. The maximum atomic E-state index is 5.75. The van der Waals surface area contributed by atoms with E-state index in [1.165, 1.54) is 5.56 Å². The molecular formula is C16H25N3O. The molecule has 0 saturated heterocycles. The zero-order valence-corrected chi connectivity index (χ0v) is 13.3. The zero-order valence-electron chi connectivity index (χ0n) is 13.3. The van der Waals surface area contributed by atoms with Gasteiger partial charge in [0.15, 0.2) is 0 Å². The van der Waals surface area contributed by atoms with Crippen molar-refractivity contribution in [2.45, 2.75) is 52.7 Å². The van der Waals surface area contributed by atoms with Crippen LogP contribution in [0.4, 0.5) is 0 Å². The Morgan fingerprint density at radius 1 is 1.25 bits per heavy atom. The van der Waals surface area contributed by atoms with Gasteiger partial charge in [0, 0.05) is 6.20 Å². The predicted molar refractivity (Wildman–Crippen MR) is 81.8 cm³/mol. The van der Waals surface area contributed by atoms with Crippen LogP contribution >= 0.6 is 0 Å². The minimum atomic E-state index is -0.258. The number of nitrogens with one attached hydrogen (secondary N) is 1. The molecule has 0 radical (unpaired) electrons. The van der Waals surface area contributed by atoms with Gasteiger partial charge in [-0.05, 0) is 53.2 Å².